The molecule has 1 aliphatic rings. The number of allylic oxidation sites excluding steroid dienone is 2. The average Bonchev–Trinajstić information content (AvgIpc) is 2.63. The van der Waals surface area contributed by atoms with Crippen molar-refractivity contribution in [3.8, 4) is 11.1 Å². The average molecular weight is 336 g/mol. The molecule has 124 valence electrons. The van der Waals surface area contributed by atoms with E-state index in [4.69, 9.17) is 0 Å². The number of benzene rings is 2. The molecule has 1 atom stereocenters. The van der Waals surface area contributed by atoms with Gasteiger partial charge in [0.25, 0.3) is 0 Å². The van der Waals surface area contributed by atoms with Gasteiger partial charge in [0.2, 0.25) is 0 Å². The Bertz CT molecular complexity index is 759. The maximum atomic E-state index is 4.60. The molecular formula is C22H25NS. The fraction of sp³-hybridized carbons (Fsp3) is 0.273. The molecule has 0 bridgehead atoms. The van der Waals surface area contributed by atoms with Gasteiger partial charge in [0, 0.05) is 22.7 Å². The van der Waals surface area contributed by atoms with E-state index in [1.54, 1.807) is 0 Å². The zero-order valence-corrected chi connectivity index (χ0v) is 15.3. The molecule has 1 N–H and O–H groups in total. The van der Waals surface area contributed by atoms with Gasteiger partial charge in [-0.1, -0.05) is 66.6 Å². The molecule has 2 heteroatoms. The number of thiol groups is 1. The third kappa shape index (κ3) is 3.93. The van der Waals surface area contributed by atoms with Gasteiger partial charge in [0.1, 0.15) is 0 Å². The number of rotatable bonds is 5. The summed E-state index contributed by atoms with van der Waals surface area (Å²) in [5.41, 5.74) is 6.60. The minimum atomic E-state index is 0.504. The highest BCUT2D eigenvalue weighted by molar-refractivity contribution is 7.84. The second-order valence-electron chi connectivity index (χ2n) is 6.58. The maximum Gasteiger partial charge on any atom is 0.0420 e. The Kier molecular flexibility index (Phi) is 5.47. The van der Waals surface area contributed by atoms with Crippen molar-refractivity contribution in [1.82, 2.24) is 0 Å². The summed E-state index contributed by atoms with van der Waals surface area (Å²) in [4.78, 5) is 1.15. The van der Waals surface area contributed by atoms with Crippen LogP contribution in [0.15, 0.2) is 76.7 Å². The van der Waals surface area contributed by atoms with Crippen LogP contribution in [0.25, 0.3) is 11.1 Å². The lowest BCUT2D eigenvalue weighted by molar-refractivity contribution is 0.666. The van der Waals surface area contributed by atoms with Crippen LogP contribution in [0.3, 0.4) is 0 Å². The Morgan fingerprint density at radius 1 is 1.00 bits per heavy atom. The summed E-state index contributed by atoms with van der Waals surface area (Å²) in [5.74, 6) is 0.504. The summed E-state index contributed by atoms with van der Waals surface area (Å²) >= 11 is 4.60. The van der Waals surface area contributed by atoms with Crippen molar-refractivity contribution in [1.29, 1.82) is 0 Å². The van der Waals surface area contributed by atoms with Crippen LogP contribution >= 0.6 is 12.6 Å². The van der Waals surface area contributed by atoms with Crippen molar-refractivity contribution in [3.05, 3.63) is 76.7 Å². The van der Waals surface area contributed by atoms with Crippen molar-refractivity contribution in [2.75, 3.05) is 11.9 Å². The number of hydrogen-bond acceptors (Lipinski definition) is 2. The van der Waals surface area contributed by atoms with E-state index in [9.17, 15) is 0 Å². The minimum absolute atomic E-state index is 0.504. The molecule has 0 fully saturated rings. The monoisotopic (exact) mass is 335 g/mol. The Hall–Kier alpha value is -1.93. The van der Waals surface area contributed by atoms with Gasteiger partial charge in [0.15, 0.2) is 0 Å². The van der Waals surface area contributed by atoms with Crippen LogP contribution in [-0.2, 0) is 0 Å². The second-order valence-corrected chi connectivity index (χ2v) is 7.06. The molecule has 0 radical (unpaired) electrons. The fourth-order valence-electron chi connectivity index (χ4n) is 3.12. The molecule has 0 saturated heterocycles. The second kappa shape index (κ2) is 7.76. The summed E-state index contributed by atoms with van der Waals surface area (Å²) in [6.07, 6.45) is 4.55. The van der Waals surface area contributed by atoms with E-state index in [-0.39, 0.29) is 0 Å². The summed E-state index contributed by atoms with van der Waals surface area (Å²) in [6.45, 7) is 5.41. The fourth-order valence-corrected chi connectivity index (χ4v) is 3.40. The molecule has 3 rings (SSSR count). The highest BCUT2D eigenvalue weighted by Crippen LogP contribution is 2.31. The van der Waals surface area contributed by atoms with E-state index < -0.39 is 0 Å². The molecule has 0 saturated carbocycles. The number of hydrogen-bond donors (Lipinski definition) is 2. The zero-order valence-electron chi connectivity index (χ0n) is 14.4. The van der Waals surface area contributed by atoms with E-state index in [2.05, 4.69) is 92.5 Å². The molecule has 0 heterocycles. The first-order valence-corrected chi connectivity index (χ1v) is 9.07. The highest BCUT2D eigenvalue weighted by atomic mass is 32.1. The lowest BCUT2D eigenvalue weighted by Crippen LogP contribution is -2.15. The van der Waals surface area contributed by atoms with Gasteiger partial charge in [-0.2, -0.15) is 0 Å². The Balaban J connectivity index is 1.73. The van der Waals surface area contributed by atoms with Crippen LogP contribution in [0.4, 0.5) is 5.69 Å². The van der Waals surface area contributed by atoms with E-state index in [0.717, 1.165) is 24.3 Å². The molecule has 1 unspecified atom stereocenters. The molecule has 24 heavy (non-hydrogen) atoms. The smallest absolute Gasteiger partial charge is 0.0420 e. The Labute approximate surface area is 150 Å². The molecular weight excluding hydrogens is 310 g/mol. The number of para-hydroxylation sites is 1. The van der Waals surface area contributed by atoms with Gasteiger partial charge in [-0.15, -0.1) is 12.6 Å². The largest absolute Gasteiger partial charge is 0.384 e. The van der Waals surface area contributed by atoms with Gasteiger partial charge < -0.3 is 5.32 Å². The summed E-state index contributed by atoms with van der Waals surface area (Å²) in [6, 6.07) is 19.1. The molecule has 1 aliphatic carbocycles. The van der Waals surface area contributed by atoms with Gasteiger partial charge in [-0.05, 0) is 43.4 Å². The van der Waals surface area contributed by atoms with Crippen LogP contribution in [0.5, 0.6) is 0 Å². The predicted molar refractivity (Wildman–Crippen MR) is 109 cm³/mol. The number of nitrogens with one attached hydrogen (secondary N) is 1. The SMILES string of the molecule is CC1=C(S)C=C(C(C)CNc2ccccc2-c2ccccc2)CC1. The van der Waals surface area contributed by atoms with Crippen LogP contribution in [0.1, 0.15) is 26.7 Å². The lowest BCUT2D eigenvalue weighted by Gasteiger charge is -2.22. The Morgan fingerprint density at radius 3 is 2.46 bits per heavy atom. The van der Waals surface area contributed by atoms with E-state index in [0.29, 0.717) is 5.92 Å². The molecule has 2 aromatic rings. The topological polar surface area (TPSA) is 12.0 Å². The lowest BCUT2D eigenvalue weighted by atomic mass is 9.90. The Morgan fingerprint density at radius 2 is 1.71 bits per heavy atom. The predicted octanol–water partition coefficient (Wildman–Crippen LogP) is 6.33. The van der Waals surface area contributed by atoms with E-state index >= 15 is 0 Å². The molecule has 0 aliphatic heterocycles. The minimum Gasteiger partial charge on any atom is -0.384 e. The first-order valence-electron chi connectivity index (χ1n) is 8.62. The molecule has 0 amide bonds. The van der Waals surface area contributed by atoms with Crippen LogP contribution in [0, 0.1) is 5.92 Å². The molecule has 0 spiro atoms. The third-order valence-electron chi connectivity index (χ3n) is 4.79. The first kappa shape index (κ1) is 16.9. The van der Waals surface area contributed by atoms with Crippen molar-refractivity contribution in [2.24, 2.45) is 5.92 Å². The van der Waals surface area contributed by atoms with E-state index in [1.807, 2.05) is 0 Å². The molecule has 0 aromatic heterocycles. The van der Waals surface area contributed by atoms with Crippen LogP contribution in [0.2, 0.25) is 0 Å². The summed E-state index contributed by atoms with van der Waals surface area (Å²) in [7, 11) is 0. The van der Waals surface area contributed by atoms with Crippen LogP contribution < -0.4 is 5.32 Å². The van der Waals surface area contributed by atoms with Crippen molar-refractivity contribution < 1.29 is 0 Å². The third-order valence-corrected chi connectivity index (χ3v) is 5.30. The van der Waals surface area contributed by atoms with Gasteiger partial charge in [0.05, 0.1) is 0 Å². The molecule has 1 nitrogen and oxygen atoms in total. The van der Waals surface area contributed by atoms with Gasteiger partial charge in [-0.3, -0.25) is 0 Å². The van der Waals surface area contributed by atoms with Gasteiger partial charge in [-0.25, -0.2) is 0 Å². The van der Waals surface area contributed by atoms with Crippen molar-refractivity contribution in [2.45, 2.75) is 26.7 Å². The number of anilines is 1. The quantitative estimate of drug-likeness (QED) is 0.609. The maximum absolute atomic E-state index is 4.60. The van der Waals surface area contributed by atoms with Crippen molar-refractivity contribution in [3.63, 3.8) is 0 Å². The van der Waals surface area contributed by atoms with E-state index in [1.165, 1.54) is 28.0 Å². The first-order chi connectivity index (χ1) is 11.6. The summed E-state index contributed by atoms with van der Waals surface area (Å²) < 4.78 is 0. The zero-order chi connectivity index (χ0) is 16.9. The molecule has 2 aromatic carbocycles. The highest BCUT2D eigenvalue weighted by Gasteiger charge is 2.14. The normalized spacial score (nSPS) is 15.9. The van der Waals surface area contributed by atoms with Crippen molar-refractivity contribution >= 4 is 18.3 Å². The van der Waals surface area contributed by atoms with Gasteiger partial charge >= 0.3 is 0 Å². The standard InChI is InChI=1S/C22H25NS/c1-16-12-13-19(14-22(16)24)17(2)15-23-21-11-7-6-10-20(21)18-8-4-3-5-9-18/h3-11,14,17,23-24H,12-13,15H2,1-2H3. The summed E-state index contributed by atoms with van der Waals surface area (Å²) in [5, 5.41) is 3.65. The van der Waals surface area contributed by atoms with Crippen LogP contribution in [-0.4, -0.2) is 6.54 Å².